The minimum atomic E-state index is -0.158. The fourth-order valence-corrected chi connectivity index (χ4v) is 3.54. The van der Waals surface area contributed by atoms with Crippen molar-refractivity contribution in [3.8, 4) is 0 Å². The topological polar surface area (TPSA) is 52.6 Å². The number of piperidine rings is 1. The lowest BCUT2D eigenvalue weighted by atomic mass is 10.0. The Morgan fingerprint density at radius 1 is 1.26 bits per heavy atom. The lowest BCUT2D eigenvalue weighted by molar-refractivity contribution is 0.0943. The molecule has 1 aromatic rings. The number of nitrogens with zero attached hydrogens (tertiary/aromatic N) is 1. The third-order valence-electron chi connectivity index (χ3n) is 5.32. The number of aliphatic hydroxyl groups is 1. The molecule has 0 atom stereocenters. The van der Waals surface area contributed by atoms with Crippen molar-refractivity contribution in [2.24, 2.45) is 5.41 Å². The van der Waals surface area contributed by atoms with E-state index >= 15 is 0 Å². The number of carbonyl (C=O) groups is 1. The SMILES string of the molecule is CCCC1(CNC(=O)c2ccc(N3CCC(O)CC3)cc2)CC1. The van der Waals surface area contributed by atoms with Crippen LogP contribution in [0.25, 0.3) is 0 Å². The molecular formula is C19H28N2O2. The zero-order valence-electron chi connectivity index (χ0n) is 14.1. The van der Waals surface area contributed by atoms with Gasteiger partial charge in [0, 0.05) is 30.9 Å². The van der Waals surface area contributed by atoms with Crippen molar-refractivity contribution >= 4 is 11.6 Å². The van der Waals surface area contributed by atoms with Crippen LogP contribution in [-0.2, 0) is 0 Å². The molecule has 0 radical (unpaired) electrons. The van der Waals surface area contributed by atoms with Crippen LogP contribution >= 0.6 is 0 Å². The summed E-state index contributed by atoms with van der Waals surface area (Å²) in [6.07, 6.45) is 6.39. The fourth-order valence-electron chi connectivity index (χ4n) is 3.54. The van der Waals surface area contributed by atoms with Crippen molar-refractivity contribution in [3.63, 3.8) is 0 Å². The number of rotatable bonds is 6. The van der Waals surface area contributed by atoms with Gasteiger partial charge in [0.2, 0.25) is 0 Å². The summed E-state index contributed by atoms with van der Waals surface area (Å²) >= 11 is 0. The van der Waals surface area contributed by atoms with Gasteiger partial charge in [0.15, 0.2) is 0 Å². The lowest BCUT2D eigenvalue weighted by Gasteiger charge is -2.31. The highest BCUT2D eigenvalue weighted by Crippen LogP contribution is 2.48. The summed E-state index contributed by atoms with van der Waals surface area (Å²) in [6, 6.07) is 7.86. The van der Waals surface area contributed by atoms with Crippen molar-refractivity contribution in [2.75, 3.05) is 24.5 Å². The number of amides is 1. The van der Waals surface area contributed by atoms with Gasteiger partial charge in [-0.3, -0.25) is 4.79 Å². The molecule has 0 aromatic heterocycles. The summed E-state index contributed by atoms with van der Waals surface area (Å²) in [5.74, 6) is 0.0352. The average Bonchev–Trinajstić information content (AvgIpc) is 3.34. The zero-order chi connectivity index (χ0) is 16.3. The molecule has 1 amide bonds. The summed E-state index contributed by atoms with van der Waals surface area (Å²) in [6.45, 7) is 4.78. The molecule has 2 N–H and O–H groups in total. The van der Waals surface area contributed by atoms with Gasteiger partial charge in [-0.25, -0.2) is 0 Å². The molecule has 1 aromatic carbocycles. The van der Waals surface area contributed by atoms with Crippen molar-refractivity contribution in [1.29, 1.82) is 0 Å². The highest BCUT2D eigenvalue weighted by Gasteiger charge is 2.41. The minimum Gasteiger partial charge on any atom is -0.393 e. The second kappa shape index (κ2) is 6.91. The lowest BCUT2D eigenvalue weighted by Crippen LogP contribution is -2.35. The summed E-state index contributed by atoms with van der Waals surface area (Å²) in [5, 5.41) is 12.7. The smallest absolute Gasteiger partial charge is 0.251 e. The number of aliphatic hydroxyl groups excluding tert-OH is 1. The largest absolute Gasteiger partial charge is 0.393 e. The molecule has 1 aliphatic carbocycles. The van der Waals surface area contributed by atoms with E-state index in [9.17, 15) is 9.90 Å². The van der Waals surface area contributed by atoms with E-state index in [4.69, 9.17) is 0 Å². The van der Waals surface area contributed by atoms with E-state index in [1.54, 1.807) is 0 Å². The number of nitrogens with one attached hydrogen (secondary N) is 1. The standard InChI is InChI=1S/C19H28N2O2/c1-2-9-19(10-11-19)14-20-18(23)15-3-5-16(6-4-15)21-12-7-17(22)8-13-21/h3-6,17,22H,2,7-14H2,1H3,(H,20,23). The Bertz CT molecular complexity index is 529. The summed E-state index contributed by atoms with van der Waals surface area (Å²) < 4.78 is 0. The van der Waals surface area contributed by atoms with Gasteiger partial charge in [-0.1, -0.05) is 13.3 Å². The van der Waals surface area contributed by atoms with Crippen LogP contribution in [0.1, 0.15) is 55.8 Å². The van der Waals surface area contributed by atoms with E-state index in [2.05, 4.69) is 17.1 Å². The maximum Gasteiger partial charge on any atom is 0.251 e. The molecule has 0 bridgehead atoms. The van der Waals surface area contributed by atoms with Crippen LogP contribution in [0.4, 0.5) is 5.69 Å². The number of hydrogen-bond acceptors (Lipinski definition) is 3. The first kappa shape index (κ1) is 16.3. The van der Waals surface area contributed by atoms with Crippen LogP contribution < -0.4 is 10.2 Å². The molecule has 1 heterocycles. The Kier molecular flexibility index (Phi) is 4.90. The first-order valence-corrected chi connectivity index (χ1v) is 8.93. The predicted molar refractivity (Wildman–Crippen MR) is 92.8 cm³/mol. The first-order chi connectivity index (χ1) is 11.1. The van der Waals surface area contributed by atoms with E-state index < -0.39 is 0 Å². The second-order valence-corrected chi connectivity index (χ2v) is 7.20. The van der Waals surface area contributed by atoms with Crippen LogP contribution in [0, 0.1) is 5.41 Å². The highest BCUT2D eigenvalue weighted by molar-refractivity contribution is 5.94. The Morgan fingerprint density at radius 2 is 1.91 bits per heavy atom. The minimum absolute atomic E-state index is 0.0352. The van der Waals surface area contributed by atoms with Crippen molar-refractivity contribution < 1.29 is 9.90 Å². The van der Waals surface area contributed by atoms with Gasteiger partial charge in [0.05, 0.1) is 6.10 Å². The van der Waals surface area contributed by atoms with Crippen LogP contribution in [0.3, 0.4) is 0 Å². The van der Waals surface area contributed by atoms with Crippen molar-refractivity contribution in [1.82, 2.24) is 5.32 Å². The molecule has 0 spiro atoms. The summed E-state index contributed by atoms with van der Waals surface area (Å²) in [4.78, 5) is 14.6. The molecule has 4 nitrogen and oxygen atoms in total. The van der Waals surface area contributed by atoms with E-state index in [1.807, 2.05) is 24.3 Å². The maximum absolute atomic E-state index is 12.3. The van der Waals surface area contributed by atoms with Gasteiger partial charge < -0.3 is 15.3 Å². The van der Waals surface area contributed by atoms with E-state index in [-0.39, 0.29) is 12.0 Å². The molecule has 1 aliphatic heterocycles. The molecule has 0 unspecified atom stereocenters. The van der Waals surface area contributed by atoms with Gasteiger partial charge in [0.25, 0.3) is 5.91 Å². The average molecular weight is 316 g/mol. The Hall–Kier alpha value is -1.55. The predicted octanol–water partition coefficient (Wildman–Crippen LogP) is 2.96. The number of benzene rings is 1. The van der Waals surface area contributed by atoms with Crippen molar-refractivity contribution in [2.45, 2.75) is 51.6 Å². The van der Waals surface area contributed by atoms with Crippen LogP contribution in [0.15, 0.2) is 24.3 Å². The van der Waals surface area contributed by atoms with Gasteiger partial charge in [-0.15, -0.1) is 0 Å². The summed E-state index contributed by atoms with van der Waals surface area (Å²) in [7, 11) is 0. The molecule has 2 aliphatic rings. The zero-order valence-corrected chi connectivity index (χ0v) is 14.1. The van der Waals surface area contributed by atoms with Gasteiger partial charge in [-0.2, -0.15) is 0 Å². The molecule has 2 fully saturated rings. The van der Waals surface area contributed by atoms with Crippen molar-refractivity contribution in [3.05, 3.63) is 29.8 Å². The van der Waals surface area contributed by atoms with Gasteiger partial charge >= 0.3 is 0 Å². The summed E-state index contributed by atoms with van der Waals surface area (Å²) in [5.41, 5.74) is 2.26. The Balaban J connectivity index is 1.53. The van der Waals surface area contributed by atoms with Gasteiger partial charge in [-0.05, 0) is 61.8 Å². The Morgan fingerprint density at radius 3 is 2.48 bits per heavy atom. The molecule has 4 heteroatoms. The second-order valence-electron chi connectivity index (χ2n) is 7.20. The third-order valence-corrected chi connectivity index (χ3v) is 5.32. The number of hydrogen-bond donors (Lipinski definition) is 2. The Labute approximate surface area is 138 Å². The van der Waals surface area contributed by atoms with E-state index in [0.717, 1.165) is 43.7 Å². The third kappa shape index (κ3) is 4.05. The van der Waals surface area contributed by atoms with Gasteiger partial charge in [0.1, 0.15) is 0 Å². The maximum atomic E-state index is 12.3. The van der Waals surface area contributed by atoms with Crippen LogP contribution in [0.2, 0.25) is 0 Å². The molecule has 126 valence electrons. The quantitative estimate of drug-likeness (QED) is 0.848. The van der Waals surface area contributed by atoms with E-state index in [0.29, 0.717) is 5.41 Å². The molecule has 1 saturated heterocycles. The monoisotopic (exact) mass is 316 g/mol. The van der Waals surface area contributed by atoms with Crippen LogP contribution in [-0.4, -0.2) is 36.8 Å². The van der Waals surface area contributed by atoms with E-state index in [1.165, 1.54) is 25.7 Å². The van der Waals surface area contributed by atoms with Crippen LogP contribution in [0.5, 0.6) is 0 Å². The number of carbonyl (C=O) groups excluding carboxylic acids is 1. The normalized spacial score (nSPS) is 20.3. The first-order valence-electron chi connectivity index (χ1n) is 8.93. The molecule has 3 rings (SSSR count). The number of anilines is 1. The molecule has 1 saturated carbocycles. The fraction of sp³-hybridized carbons (Fsp3) is 0.632. The molecular weight excluding hydrogens is 288 g/mol. The molecule has 23 heavy (non-hydrogen) atoms. The highest BCUT2D eigenvalue weighted by atomic mass is 16.3.